The van der Waals surface area contributed by atoms with Gasteiger partial charge in [0.25, 0.3) is 0 Å². The molecule has 1 aromatic heterocycles. The van der Waals surface area contributed by atoms with E-state index in [9.17, 15) is 9.90 Å². The van der Waals surface area contributed by atoms with E-state index < -0.39 is 5.97 Å². The summed E-state index contributed by atoms with van der Waals surface area (Å²) in [6.45, 7) is 0.353. The minimum Gasteiger partial charge on any atom is -0.508 e. The largest absolute Gasteiger partial charge is 0.508 e. The number of nitrogen functional groups attached to an aromatic ring is 1. The van der Waals surface area contributed by atoms with Crippen molar-refractivity contribution in [3.05, 3.63) is 41.7 Å². The van der Waals surface area contributed by atoms with Gasteiger partial charge in [0.05, 0.1) is 12.2 Å². The Kier molecular flexibility index (Phi) is 2.70. The lowest BCUT2D eigenvalue weighted by atomic mass is 10.2. The zero-order valence-electron chi connectivity index (χ0n) is 8.87. The van der Waals surface area contributed by atoms with Gasteiger partial charge in [-0.15, -0.1) is 0 Å². The van der Waals surface area contributed by atoms with Gasteiger partial charge in [-0.25, -0.2) is 4.79 Å². The molecule has 4 N–H and O–H groups in total. The van der Waals surface area contributed by atoms with E-state index in [4.69, 9.17) is 10.8 Å². The highest BCUT2D eigenvalue weighted by Crippen LogP contribution is 2.14. The lowest BCUT2D eigenvalue weighted by Gasteiger charge is -2.01. The molecule has 17 heavy (non-hydrogen) atoms. The maximum Gasteiger partial charge on any atom is 0.358 e. The number of rotatable bonds is 3. The number of hydrogen-bond donors (Lipinski definition) is 3. The summed E-state index contributed by atoms with van der Waals surface area (Å²) in [6, 6.07) is 6.65. The summed E-state index contributed by atoms with van der Waals surface area (Å²) in [6.07, 6.45) is 1.45. The average molecular weight is 233 g/mol. The predicted octanol–water partition coefficient (Wildman–Crippen LogP) is 0.917. The number of hydrogen-bond acceptors (Lipinski definition) is 4. The fourth-order valence-corrected chi connectivity index (χ4v) is 1.53. The summed E-state index contributed by atoms with van der Waals surface area (Å²) < 4.78 is 1.42. The van der Waals surface area contributed by atoms with Crippen molar-refractivity contribution in [1.82, 2.24) is 9.78 Å². The van der Waals surface area contributed by atoms with E-state index in [1.54, 1.807) is 24.3 Å². The second-order valence-electron chi connectivity index (χ2n) is 3.61. The van der Waals surface area contributed by atoms with Gasteiger partial charge in [-0.2, -0.15) is 5.10 Å². The Hall–Kier alpha value is -2.50. The molecule has 6 heteroatoms. The summed E-state index contributed by atoms with van der Waals surface area (Å²) in [7, 11) is 0. The van der Waals surface area contributed by atoms with Crippen molar-refractivity contribution in [2.75, 3.05) is 5.73 Å². The molecular formula is C11H11N3O3. The van der Waals surface area contributed by atoms with Crippen molar-refractivity contribution in [2.45, 2.75) is 6.54 Å². The molecule has 0 aliphatic heterocycles. The number of carboxylic acid groups (broad SMARTS) is 1. The summed E-state index contributed by atoms with van der Waals surface area (Å²) in [5, 5.41) is 21.9. The SMILES string of the molecule is Nc1cn(Cc2cccc(O)c2)nc1C(=O)O. The summed E-state index contributed by atoms with van der Waals surface area (Å²) in [4.78, 5) is 10.7. The zero-order chi connectivity index (χ0) is 12.4. The quantitative estimate of drug-likeness (QED) is 0.731. The Bertz CT molecular complexity index is 563. The molecule has 88 valence electrons. The number of phenols is 1. The van der Waals surface area contributed by atoms with Crippen molar-refractivity contribution >= 4 is 11.7 Å². The minimum atomic E-state index is -1.16. The number of phenolic OH excluding ortho intramolecular Hbond substituents is 1. The summed E-state index contributed by atoms with van der Waals surface area (Å²) in [5.41, 5.74) is 6.28. The third-order valence-corrected chi connectivity index (χ3v) is 2.25. The van der Waals surface area contributed by atoms with Gasteiger partial charge >= 0.3 is 5.97 Å². The van der Waals surface area contributed by atoms with E-state index in [0.717, 1.165) is 5.56 Å². The third-order valence-electron chi connectivity index (χ3n) is 2.25. The third kappa shape index (κ3) is 2.36. The monoisotopic (exact) mass is 233 g/mol. The molecule has 0 saturated heterocycles. The average Bonchev–Trinajstić information content (AvgIpc) is 2.59. The Morgan fingerprint density at radius 3 is 2.82 bits per heavy atom. The Morgan fingerprint density at radius 1 is 1.47 bits per heavy atom. The maximum atomic E-state index is 10.7. The number of nitrogens with two attached hydrogens (primary N) is 1. The Labute approximate surface area is 96.9 Å². The normalized spacial score (nSPS) is 10.4. The van der Waals surface area contributed by atoms with Crippen LogP contribution in [0.4, 0.5) is 5.69 Å². The van der Waals surface area contributed by atoms with Crippen LogP contribution < -0.4 is 5.73 Å². The number of nitrogens with zero attached hydrogens (tertiary/aromatic N) is 2. The molecule has 0 bridgehead atoms. The van der Waals surface area contributed by atoms with Crippen molar-refractivity contribution in [2.24, 2.45) is 0 Å². The number of carboxylic acids is 1. The van der Waals surface area contributed by atoms with Crippen LogP contribution in [0.15, 0.2) is 30.5 Å². The smallest absolute Gasteiger partial charge is 0.358 e. The first-order chi connectivity index (χ1) is 8.06. The van der Waals surface area contributed by atoms with Gasteiger partial charge in [0.2, 0.25) is 0 Å². The molecular weight excluding hydrogens is 222 g/mol. The first kappa shape index (κ1) is 11.0. The van der Waals surface area contributed by atoms with E-state index in [2.05, 4.69) is 5.10 Å². The van der Waals surface area contributed by atoms with Gasteiger partial charge in [0, 0.05) is 6.20 Å². The highest BCUT2D eigenvalue weighted by Gasteiger charge is 2.13. The van der Waals surface area contributed by atoms with Crippen LogP contribution in [0.25, 0.3) is 0 Å². The zero-order valence-corrected chi connectivity index (χ0v) is 8.87. The molecule has 2 rings (SSSR count). The maximum absolute atomic E-state index is 10.7. The van der Waals surface area contributed by atoms with Crippen LogP contribution in [-0.2, 0) is 6.54 Å². The molecule has 0 atom stereocenters. The minimum absolute atomic E-state index is 0.123. The van der Waals surface area contributed by atoms with E-state index >= 15 is 0 Å². The van der Waals surface area contributed by atoms with Crippen LogP contribution >= 0.6 is 0 Å². The number of carbonyl (C=O) groups is 1. The van der Waals surface area contributed by atoms with E-state index in [0.29, 0.717) is 6.54 Å². The molecule has 0 fully saturated rings. The van der Waals surface area contributed by atoms with Crippen molar-refractivity contribution < 1.29 is 15.0 Å². The van der Waals surface area contributed by atoms with E-state index in [1.807, 2.05) is 0 Å². The van der Waals surface area contributed by atoms with Gasteiger partial charge in [0.15, 0.2) is 5.69 Å². The summed E-state index contributed by atoms with van der Waals surface area (Å²) >= 11 is 0. The fourth-order valence-electron chi connectivity index (χ4n) is 1.53. The van der Waals surface area contributed by atoms with Crippen LogP contribution in [0.3, 0.4) is 0 Å². The van der Waals surface area contributed by atoms with Gasteiger partial charge in [0.1, 0.15) is 5.75 Å². The molecule has 0 amide bonds. The number of aromatic carboxylic acids is 1. The van der Waals surface area contributed by atoms with Crippen LogP contribution in [0, 0.1) is 0 Å². The van der Waals surface area contributed by atoms with Gasteiger partial charge in [-0.1, -0.05) is 12.1 Å². The molecule has 0 radical (unpaired) electrons. The lowest BCUT2D eigenvalue weighted by Crippen LogP contribution is -2.04. The highest BCUT2D eigenvalue weighted by atomic mass is 16.4. The van der Waals surface area contributed by atoms with Gasteiger partial charge in [-0.3, -0.25) is 4.68 Å². The summed E-state index contributed by atoms with van der Waals surface area (Å²) in [5.74, 6) is -1.00. The Morgan fingerprint density at radius 2 is 2.24 bits per heavy atom. The number of aromatic hydroxyl groups is 1. The first-order valence-electron chi connectivity index (χ1n) is 4.90. The number of anilines is 1. The Balaban J connectivity index is 2.25. The van der Waals surface area contributed by atoms with Crippen LogP contribution in [0.2, 0.25) is 0 Å². The van der Waals surface area contributed by atoms with Crippen LogP contribution in [0.5, 0.6) is 5.75 Å². The van der Waals surface area contributed by atoms with Crippen LogP contribution in [0.1, 0.15) is 16.1 Å². The molecule has 0 aliphatic carbocycles. The molecule has 0 unspecified atom stereocenters. The van der Waals surface area contributed by atoms with Gasteiger partial charge < -0.3 is 15.9 Å². The number of benzene rings is 1. The van der Waals surface area contributed by atoms with Crippen LogP contribution in [-0.4, -0.2) is 26.0 Å². The first-order valence-corrected chi connectivity index (χ1v) is 4.90. The molecule has 2 aromatic rings. The van der Waals surface area contributed by atoms with Crippen molar-refractivity contribution in [1.29, 1.82) is 0 Å². The molecule has 0 spiro atoms. The molecule has 0 saturated carbocycles. The predicted molar refractivity (Wildman–Crippen MR) is 60.8 cm³/mol. The molecule has 0 aliphatic rings. The molecule has 6 nitrogen and oxygen atoms in total. The number of aromatic nitrogens is 2. The van der Waals surface area contributed by atoms with Crippen molar-refractivity contribution in [3.8, 4) is 5.75 Å². The van der Waals surface area contributed by atoms with Gasteiger partial charge in [-0.05, 0) is 17.7 Å². The van der Waals surface area contributed by atoms with Crippen molar-refractivity contribution in [3.63, 3.8) is 0 Å². The standard InChI is InChI=1S/C11H11N3O3/c12-9-6-14(13-10(9)11(16)17)5-7-2-1-3-8(15)4-7/h1-4,6,15H,5,12H2,(H,16,17). The van der Waals surface area contributed by atoms with E-state index in [-0.39, 0.29) is 17.1 Å². The second kappa shape index (κ2) is 4.17. The molecule has 1 aromatic carbocycles. The molecule has 1 heterocycles. The lowest BCUT2D eigenvalue weighted by molar-refractivity contribution is 0.0690. The topological polar surface area (TPSA) is 101 Å². The van der Waals surface area contributed by atoms with E-state index in [1.165, 1.54) is 10.9 Å². The highest BCUT2D eigenvalue weighted by molar-refractivity contribution is 5.91. The second-order valence-corrected chi connectivity index (χ2v) is 3.61. The fraction of sp³-hybridized carbons (Fsp3) is 0.0909.